The Labute approximate surface area is 227 Å². The summed E-state index contributed by atoms with van der Waals surface area (Å²) in [5.41, 5.74) is 4.22. The van der Waals surface area contributed by atoms with E-state index < -0.39 is 0 Å². The molecular weight excluding hydrogens is 498 g/mol. The largest absolute Gasteiger partial charge is 0.495 e. The predicted molar refractivity (Wildman–Crippen MR) is 152 cm³/mol. The first-order valence-corrected chi connectivity index (χ1v) is 12.8. The molecule has 2 atom stereocenters. The van der Waals surface area contributed by atoms with Gasteiger partial charge in [-0.3, -0.25) is 9.78 Å². The summed E-state index contributed by atoms with van der Waals surface area (Å²) in [4.78, 5) is 18.8. The summed E-state index contributed by atoms with van der Waals surface area (Å²) in [5.74, 6) is 1.22. The SMILES string of the molecule is CCC(=O)Nc1ccc(N2C(=S)N[C@@H](c3ccccn3)[C@@H]2c2cccn2-c2ccccc2OC)cc1OC. The smallest absolute Gasteiger partial charge is 0.224 e. The molecule has 2 N–H and O–H groups in total. The Hall–Kier alpha value is -4.37. The van der Waals surface area contributed by atoms with Crippen LogP contribution in [0.5, 0.6) is 11.5 Å². The minimum absolute atomic E-state index is 0.0860. The summed E-state index contributed by atoms with van der Waals surface area (Å²) in [5, 5.41) is 6.96. The molecule has 2 aromatic heterocycles. The number of nitrogens with zero attached hydrogens (tertiary/aromatic N) is 3. The lowest BCUT2D eigenvalue weighted by Gasteiger charge is -2.29. The van der Waals surface area contributed by atoms with Gasteiger partial charge in [-0.2, -0.15) is 0 Å². The van der Waals surface area contributed by atoms with E-state index in [9.17, 15) is 4.79 Å². The quantitative estimate of drug-likeness (QED) is 0.296. The number of amides is 1. The molecule has 38 heavy (non-hydrogen) atoms. The van der Waals surface area contributed by atoms with Crippen LogP contribution in [0, 0.1) is 0 Å². The zero-order valence-corrected chi connectivity index (χ0v) is 22.2. The number of ether oxygens (including phenoxy) is 2. The monoisotopic (exact) mass is 527 g/mol. The van der Waals surface area contributed by atoms with E-state index in [-0.39, 0.29) is 18.0 Å². The molecule has 0 bridgehead atoms. The van der Waals surface area contributed by atoms with Crippen molar-refractivity contribution in [1.29, 1.82) is 0 Å². The number of methoxy groups -OCH3 is 2. The Morgan fingerprint density at radius 2 is 1.82 bits per heavy atom. The van der Waals surface area contributed by atoms with Gasteiger partial charge < -0.3 is 29.6 Å². The molecule has 0 saturated carbocycles. The van der Waals surface area contributed by atoms with Gasteiger partial charge >= 0.3 is 0 Å². The molecular formula is C29H29N5O3S. The normalized spacial score (nSPS) is 16.7. The molecule has 8 nitrogen and oxygen atoms in total. The van der Waals surface area contributed by atoms with Crippen LogP contribution < -0.4 is 25.0 Å². The molecule has 0 aliphatic carbocycles. The summed E-state index contributed by atoms with van der Waals surface area (Å²) in [6.45, 7) is 1.81. The van der Waals surface area contributed by atoms with Crippen molar-refractivity contribution in [3.63, 3.8) is 0 Å². The Kier molecular flexibility index (Phi) is 7.28. The third-order valence-corrected chi connectivity index (χ3v) is 6.90. The van der Waals surface area contributed by atoms with E-state index in [1.165, 1.54) is 0 Å². The summed E-state index contributed by atoms with van der Waals surface area (Å²) in [7, 11) is 3.25. The standard InChI is InChI=1S/C29H29N5O3S/c1-4-26(35)31-20-15-14-19(18-25(20)37-3)34-28(27(32-29(34)38)21-10-7-8-16-30-21)23-12-9-17-33(23)22-11-5-6-13-24(22)36-2/h5-18,27-28H,4H2,1-3H3,(H,31,35)(H,32,38)/t27-,28-/m0/s1. The highest BCUT2D eigenvalue weighted by Gasteiger charge is 2.42. The summed E-state index contributed by atoms with van der Waals surface area (Å²) < 4.78 is 13.4. The maximum Gasteiger partial charge on any atom is 0.224 e. The highest BCUT2D eigenvalue weighted by atomic mass is 32.1. The molecule has 1 saturated heterocycles. The number of rotatable bonds is 8. The maximum absolute atomic E-state index is 12.0. The van der Waals surface area contributed by atoms with Crippen LogP contribution in [0.4, 0.5) is 11.4 Å². The number of carbonyl (C=O) groups excluding carboxylic acids is 1. The zero-order chi connectivity index (χ0) is 26.6. The van der Waals surface area contributed by atoms with Gasteiger partial charge in [-0.05, 0) is 60.7 Å². The predicted octanol–water partition coefficient (Wildman–Crippen LogP) is 5.42. The van der Waals surface area contributed by atoms with Crippen molar-refractivity contribution in [2.45, 2.75) is 25.4 Å². The third-order valence-electron chi connectivity index (χ3n) is 6.58. The molecule has 5 rings (SSSR count). The second-order valence-electron chi connectivity index (χ2n) is 8.76. The number of pyridine rings is 1. The van der Waals surface area contributed by atoms with E-state index in [1.54, 1.807) is 20.4 Å². The van der Waals surface area contributed by atoms with Gasteiger partial charge in [-0.1, -0.05) is 25.1 Å². The van der Waals surface area contributed by atoms with Gasteiger partial charge in [0.15, 0.2) is 5.11 Å². The number of hydrogen-bond donors (Lipinski definition) is 2. The number of aromatic nitrogens is 2. The van der Waals surface area contributed by atoms with Crippen molar-refractivity contribution < 1.29 is 14.3 Å². The maximum atomic E-state index is 12.0. The average Bonchev–Trinajstić information content (AvgIpc) is 3.57. The molecule has 3 heterocycles. The van der Waals surface area contributed by atoms with Gasteiger partial charge in [-0.25, -0.2) is 0 Å². The summed E-state index contributed by atoms with van der Waals surface area (Å²) >= 11 is 5.90. The van der Waals surface area contributed by atoms with Crippen molar-refractivity contribution in [3.05, 3.63) is 96.6 Å². The highest BCUT2D eigenvalue weighted by Crippen LogP contribution is 2.44. The fraction of sp³-hybridized carbons (Fsp3) is 0.207. The number of thiocarbonyl (C=S) groups is 1. The molecule has 4 aromatic rings. The molecule has 2 aromatic carbocycles. The van der Waals surface area contributed by atoms with Crippen molar-refractivity contribution in [2.24, 2.45) is 0 Å². The lowest BCUT2D eigenvalue weighted by Crippen LogP contribution is -2.30. The first kappa shape index (κ1) is 25.3. The van der Waals surface area contributed by atoms with Crippen molar-refractivity contribution >= 4 is 34.6 Å². The van der Waals surface area contributed by atoms with E-state index in [0.717, 1.165) is 28.5 Å². The van der Waals surface area contributed by atoms with Crippen molar-refractivity contribution in [3.8, 4) is 17.2 Å². The zero-order valence-electron chi connectivity index (χ0n) is 21.4. The molecule has 1 aliphatic heterocycles. The molecule has 1 aliphatic rings. The number of hydrogen-bond acceptors (Lipinski definition) is 5. The van der Waals surface area contributed by atoms with Crippen LogP contribution in [-0.4, -0.2) is 34.8 Å². The average molecular weight is 528 g/mol. The van der Waals surface area contributed by atoms with Crippen LogP contribution in [-0.2, 0) is 4.79 Å². The van der Waals surface area contributed by atoms with Crippen LogP contribution in [0.2, 0.25) is 0 Å². The Morgan fingerprint density at radius 1 is 1.03 bits per heavy atom. The van der Waals surface area contributed by atoms with E-state index in [2.05, 4.69) is 31.2 Å². The van der Waals surface area contributed by atoms with Crippen LogP contribution in [0.25, 0.3) is 5.69 Å². The first-order chi connectivity index (χ1) is 18.5. The van der Waals surface area contributed by atoms with Crippen LogP contribution in [0.15, 0.2) is 85.2 Å². The number of para-hydroxylation sites is 2. The lowest BCUT2D eigenvalue weighted by molar-refractivity contribution is -0.115. The van der Waals surface area contributed by atoms with E-state index in [4.69, 9.17) is 21.7 Å². The molecule has 9 heteroatoms. The van der Waals surface area contributed by atoms with Crippen LogP contribution >= 0.6 is 12.2 Å². The summed E-state index contributed by atoms with van der Waals surface area (Å²) in [6.07, 6.45) is 4.18. The number of benzene rings is 2. The molecule has 0 spiro atoms. The van der Waals surface area contributed by atoms with E-state index in [1.807, 2.05) is 79.9 Å². The van der Waals surface area contributed by atoms with E-state index >= 15 is 0 Å². The van der Waals surface area contributed by atoms with Crippen LogP contribution in [0.1, 0.15) is 36.8 Å². The minimum atomic E-state index is -0.252. The van der Waals surface area contributed by atoms with Gasteiger partial charge in [-0.15, -0.1) is 0 Å². The fourth-order valence-electron chi connectivity index (χ4n) is 4.79. The molecule has 194 valence electrons. The highest BCUT2D eigenvalue weighted by molar-refractivity contribution is 7.80. The fourth-order valence-corrected chi connectivity index (χ4v) is 5.13. The Bertz CT molecular complexity index is 1460. The Balaban J connectivity index is 1.64. The van der Waals surface area contributed by atoms with Crippen molar-refractivity contribution in [2.75, 3.05) is 24.4 Å². The lowest BCUT2D eigenvalue weighted by atomic mass is 10.0. The van der Waals surface area contributed by atoms with Crippen molar-refractivity contribution in [1.82, 2.24) is 14.9 Å². The third kappa shape index (κ3) is 4.68. The molecule has 1 amide bonds. The van der Waals surface area contributed by atoms with Crippen LogP contribution in [0.3, 0.4) is 0 Å². The number of nitrogens with one attached hydrogen (secondary N) is 2. The van der Waals surface area contributed by atoms with Gasteiger partial charge in [0.2, 0.25) is 5.91 Å². The second-order valence-corrected chi connectivity index (χ2v) is 9.14. The number of carbonyl (C=O) groups is 1. The van der Waals surface area contributed by atoms with Gasteiger partial charge in [0.1, 0.15) is 17.5 Å². The van der Waals surface area contributed by atoms with Gasteiger partial charge in [0, 0.05) is 36.3 Å². The molecule has 0 radical (unpaired) electrons. The topological polar surface area (TPSA) is 80.7 Å². The Morgan fingerprint density at radius 3 is 2.55 bits per heavy atom. The first-order valence-electron chi connectivity index (χ1n) is 12.3. The number of anilines is 2. The van der Waals surface area contributed by atoms with E-state index in [0.29, 0.717) is 23.0 Å². The van der Waals surface area contributed by atoms with Gasteiger partial charge in [0.25, 0.3) is 0 Å². The summed E-state index contributed by atoms with van der Waals surface area (Å²) in [6, 6.07) is 23.1. The minimum Gasteiger partial charge on any atom is -0.495 e. The van der Waals surface area contributed by atoms with Gasteiger partial charge in [0.05, 0.1) is 37.3 Å². The molecule has 1 fully saturated rings. The second kappa shape index (κ2) is 10.9. The molecule has 0 unspecified atom stereocenters.